The number of ether oxygens (including phenoxy) is 1. The molecule has 10 nitrogen and oxygen atoms in total. The van der Waals surface area contributed by atoms with Crippen molar-refractivity contribution in [3.63, 3.8) is 0 Å². The second-order valence-corrected chi connectivity index (χ2v) is 9.06. The van der Waals surface area contributed by atoms with Crippen LogP contribution in [0.1, 0.15) is 41.3 Å². The molecule has 0 aliphatic heterocycles. The summed E-state index contributed by atoms with van der Waals surface area (Å²) >= 11 is 6.07. The second kappa shape index (κ2) is 8.94. The summed E-state index contributed by atoms with van der Waals surface area (Å²) < 4.78 is 9.47. The monoisotopic (exact) mass is 498 g/mol. The van der Waals surface area contributed by atoms with Crippen molar-refractivity contribution in [2.75, 3.05) is 5.32 Å². The Labute approximate surface area is 210 Å². The number of aromatic nitrogens is 6. The Bertz CT molecular complexity index is 1660. The minimum absolute atomic E-state index is 0.0579. The zero-order valence-electron chi connectivity index (χ0n) is 18.9. The summed E-state index contributed by atoms with van der Waals surface area (Å²) in [6, 6.07) is 9.22. The number of imidazole rings is 2. The molecule has 1 amide bonds. The Hall–Kier alpha value is -4.49. The Morgan fingerprint density at radius 2 is 2.08 bits per heavy atom. The molecule has 11 heteroatoms. The maximum absolute atomic E-state index is 12.6. The lowest BCUT2D eigenvalue weighted by Crippen LogP contribution is -2.16. The van der Waals surface area contributed by atoms with Gasteiger partial charge >= 0.3 is 0 Å². The van der Waals surface area contributed by atoms with Crippen molar-refractivity contribution in [1.29, 1.82) is 5.26 Å². The predicted octanol–water partition coefficient (Wildman–Crippen LogP) is 3.93. The summed E-state index contributed by atoms with van der Waals surface area (Å²) in [7, 11) is 0. The quantitative estimate of drug-likeness (QED) is 0.360. The zero-order chi connectivity index (χ0) is 24.6. The summed E-state index contributed by atoms with van der Waals surface area (Å²) in [6.07, 6.45) is 11.0. The SMILES string of the molecule is N#Cc1cc(C2CC2)cn2cc(COc3cc(NC(=O)Cc4ncn5ccc(Cl)cc45)ncn3)nc12. The molecular weight excluding hydrogens is 480 g/mol. The van der Waals surface area contributed by atoms with Crippen LogP contribution in [0, 0.1) is 11.3 Å². The number of hydrogen-bond donors (Lipinski definition) is 1. The van der Waals surface area contributed by atoms with Gasteiger partial charge in [-0.3, -0.25) is 4.79 Å². The van der Waals surface area contributed by atoms with Gasteiger partial charge in [0.1, 0.15) is 24.8 Å². The first-order chi connectivity index (χ1) is 17.6. The van der Waals surface area contributed by atoms with Gasteiger partial charge in [-0.25, -0.2) is 19.9 Å². The van der Waals surface area contributed by atoms with Gasteiger partial charge in [0.05, 0.1) is 35.2 Å². The highest BCUT2D eigenvalue weighted by Gasteiger charge is 2.25. The van der Waals surface area contributed by atoms with Gasteiger partial charge in [-0.2, -0.15) is 5.26 Å². The molecule has 0 bridgehead atoms. The molecule has 0 aromatic carbocycles. The Morgan fingerprint density at radius 1 is 1.19 bits per heavy atom. The van der Waals surface area contributed by atoms with E-state index in [0.29, 0.717) is 39.4 Å². The van der Waals surface area contributed by atoms with Gasteiger partial charge < -0.3 is 18.9 Å². The number of rotatable bonds is 7. The molecule has 5 aromatic heterocycles. The number of nitrogens with zero attached hydrogens (tertiary/aromatic N) is 7. The number of carbonyl (C=O) groups is 1. The number of nitrogens with one attached hydrogen (secondary N) is 1. The number of carbonyl (C=O) groups excluding carboxylic acids is 1. The van der Waals surface area contributed by atoms with E-state index in [1.807, 2.05) is 22.9 Å². The van der Waals surface area contributed by atoms with Crippen molar-refractivity contribution < 1.29 is 9.53 Å². The van der Waals surface area contributed by atoms with Crippen LogP contribution in [0.2, 0.25) is 5.02 Å². The molecule has 36 heavy (non-hydrogen) atoms. The molecule has 0 spiro atoms. The van der Waals surface area contributed by atoms with E-state index in [1.54, 1.807) is 35.1 Å². The van der Waals surface area contributed by atoms with Crippen LogP contribution in [0.25, 0.3) is 11.2 Å². The van der Waals surface area contributed by atoms with E-state index < -0.39 is 0 Å². The van der Waals surface area contributed by atoms with E-state index in [9.17, 15) is 10.1 Å². The fourth-order valence-electron chi connectivity index (χ4n) is 4.09. The van der Waals surface area contributed by atoms with Gasteiger partial charge in [0.2, 0.25) is 11.8 Å². The lowest BCUT2D eigenvalue weighted by molar-refractivity contribution is -0.115. The molecule has 1 aliphatic carbocycles. The Kier molecular flexibility index (Phi) is 5.47. The van der Waals surface area contributed by atoms with E-state index in [1.165, 1.54) is 6.33 Å². The van der Waals surface area contributed by atoms with Crippen LogP contribution in [0.15, 0.2) is 55.5 Å². The number of anilines is 1. The summed E-state index contributed by atoms with van der Waals surface area (Å²) in [6.45, 7) is 0.150. The number of nitriles is 1. The fourth-order valence-corrected chi connectivity index (χ4v) is 4.25. The summed E-state index contributed by atoms with van der Waals surface area (Å²) in [5, 5.41) is 12.8. The third-order valence-electron chi connectivity index (χ3n) is 5.98. The molecule has 1 saturated carbocycles. The van der Waals surface area contributed by atoms with Crippen molar-refractivity contribution in [2.45, 2.75) is 31.8 Å². The Balaban J connectivity index is 1.13. The fraction of sp³-hybridized carbons (Fsp3) is 0.200. The largest absolute Gasteiger partial charge is 0.471 e. The minimum atomic E-state index is -0.281. The van der Waals surface area contributed by atoms with Crippen molar-refractivity contribution in [2.24, 2.45) is 0 Å². The summed E-state index contributed by atoms with van der Waals surface area (Å²) in [4.78, 5) is 29.7. The van der Waals surface area contributed by atoms with E-state index in [4.69, 9.17) is 16.3 Å². The third kappa shape index (κ3) is 4.44. The van der Waals surface area contributed by atoms with Gasteiger partial charge in [-0.15, -0.1) is 0 Å². The molecule has 1 aliphatic rings. The first kappa shape index (κ1) is 22.0. The Morgan fingerprint density at radius 3 is 2.92 bits per heavy atom. The van der Waals surface area contributed by atoms with Gasteiger partial charge in [-0.05, 0) is 42.5 Å². The highest BCUT2D eigenvalue weighted by atomic mass is 35.5. The molecule has 1 fully saturated rings. The zero-order valence-corrected chi connectivity index (χ0v) is 19.7. The van der Waals surface area contributed by atoms with Crippen molar-refractivity contribution in [3.8, 4) is 11.9 Å². The van der Waals surface area contributed by atoms with Crippen molar-refractivity contribution >= 4 is 34.5 Å². The average Bonchev–Trinajstić information content (AvgIpc) is 3.54. The van der Waals surface area contributed by atoms with Gasteiger partial charge in [0.25, 0.3) is 0 Å². The van der Waals surface area contributed by atoms with Crippen LogP contribution in [0.3, 0.4) is 0 Å². The van der Waals surface area contributed by atoms with Crippen molar-refractivity contribution in [1.82, 2.24) is 28.7 Å². The van der Waals surface area contributed by atoms with E-state index in [0.717, 1.165) is 23.9 Å². The molecule has 1 N–H and O–H groups in total. The minimum Gasteiger partial charge on any atom is -0.471 e. The highest BCUT2D eigenvalue weighted by Crippen LogP contribution is 2.40. The van der Waals surface area contributed by atoms with E-state index in [2.05, 4.69) is 31.3 Å². The topological polar surface area (TPSA) is 122 Å². The standard InChI is InChI=1S/C25H19ClN8O2/c26-18-3-4-33-14-30-20(21(33)6-18)7-23(35)32-22-8-24(29-13-28-22)36-12-19-11-34-10-17(15-1-2-15)5-16(9-27)25(34)31-19/h3-6,8,10-11,13-15H,1-2,7,12H2,(H,28,29,32,35). The van der Waals surface area contributed by atoms with Crippen LogP contribution >= 0.6 is 11.6 Å². The summed E-state index contributed by atoms with van der Waals surface area (Å²) in [5.41, 5.74) is 4.34. The van der Waals surface area contributed by atoms with E-state index >= 15 is 0 Å². The maximum Gasteiger partial charge on any atom is 0.231 e. The molecule has 6 rings (SSSR count). The van der Waals surface area contributed by atoms with Gasteiger partial charge in [-0.1, -0.05) is 11.6 Å². The van der Waals surface area contributed by atoms with E-state index in [-0.39, 0.29) is 24.8 Å². The van der Waals surface area contributed by atoms with Crippen LogP contribution < -0.4 is 10.1 Å². The molecule has 0 unspecified atom stereocenters. The number of halogens is 1. The van der Waals surface area contributed by atoms with Gasteiger partial charge in [0, 0.05) is 29.7 Å². The number of amides is 1. The molecular formula is C25H19ClN8O2. The first-order valence-corrected chi connectivity index (χ1v) is 11.7. The molecule has 5 heterocycles. The highest BCUT2D eigenvalue weighted by molar-refractivity contribution is 6.30. The third-order valence-corrected chi connectivity index (χ3v) is 6.21. The van der Waals surface area contributed by atoms with Crippen LogP contribution in [-0.4, -0.2) is 34.6 Å². The second-order valence-electron chi connectivity index (χ2n) is 8.62. The first-order valence-electron chi connectivity index (χ1n) is 11.3. The molecule has 0 atom stereocenters. The van der Waals surface area contributed by atoms with Gasteiger partial charge in [0.15, 0.2) is 5.65 Å². The molecule has 5 aromatic rings. The molecule has 0 radical (unpaired) electrons. The predicted molar refractivity (Wildman–Crippen MR) is 131 cm³/mol. The van der Waals surface area contributed by atoms with Crippen LogP contribution in [-0.2, 0) is 17.8 Å². The molecule has 178 valence electrons. The van der Waals surface area contributed by atoms with Crippen molar-refractivity contribution in [3.05, 3.63) is 83.0 Å². The maximum atomic E-state index is 12.6. The normalized spacial score (nSPS) is 13.1. The lowest BCUT2D eigenvalue weighted by atomic mass is 10.1. The average molecular weight is 499 g/mol. The molecule has 0 saturated heterocycles. The lowest BCUT2D eigenvalue weighted by Gasteiger charge is -2.06. The summed E-state index contributed by atoms with van der Waals surface area (Å²) in [5.74, 6) is 0.845. The number of hydrogen-bond acceptors (Lipinski definition) is 7. The van der Waals surface area contributed by atoms with Crippen LogP contribution in [0.4, 0.5) is 5.82 Å². The number of pyridine rings is 2. The smallest absolute Gasteiger partial charge is 0.231 e. The number of fused-ring (bicyclic) bond motifs is 2. The van der Waals surface area contributed by atoms with Crippen LogP contribution in [0.5, 0.6) is 5.88 Å².